The van der Waals surface area contributed by atoms with Crippen molar-refractivity contribution in [2.45, 2.75) is 38.4 Å². The van der Waals surface area contributed by atoms with Gasteiger partial charge in [-0.15, -0.1) is 0 Å². The zero-order valence-corrected chi connectivity index (χ0v) is 31.1. The number of hydrogen-bond acceptors (Lipinski definition) is 6. The van der Waals surface area contributed by atoms with Crippen LogP contribution in [0.5, 0.6) is 28.7 Å². The monoisotopic (exact) mass is 740 g/mol. The molecule has 0 N–H and O–H groups in total. The highest BCUT2D eigenvalue weighted by atomic mass is 32.1. The van der Waals surface area contributed by atoms with Crippen LogP contribution in [0.4, 0.5) is 0 Å². The molecule has 0 saturated carbocycles. The van der Waals surface area contributed by atoms with E-state index in [0.717, 1.165) is 38.9 Å². The molecule has 6 heteroatoms. The predicted octanol–water partition coefficient (Wildman–Crippen LogP) is 11.4. The minimum absolute atomic E-state index is 0.352. The summed E-state index contributed by atoms with van der Waals surface area (Å²) in [7, 11) is 0. The van der Waals surface area contributed by atoms with Crippen molar-refractivity contribution >= 4 is 17.1 Å². The first kappa shape index (κ1) is 35.6. The third-order valence-corrected chi connectivity index (χ3v) is 9.98. The summed E-state index contributed by atoms with van der Waals surface area (Å²) in [6.07, 6.45) is 0.356. The zero-order chi connectivity index (χ0) is 37.3. The van der Waals surface area contributed by atoms with Crippen LogP contribution < -0.4 is 23.7 Å². The number of benzene rings is 7. The van der Waals surface area contributed by atoms with Gasteiger partial charge in [0, 0.05) is 28.5 Å². The standard InChI is InChI=1S/C49H40O5S/c55-46-31-49(40-24-14-5-15-25-40,42-27-26-41(50-32-36-16-6-1-7-17-36)30-45(42)53-35-39-22-12-4-13-23-39)54-48-44(52-34-38-20-10-3-11-21-38)29-28-43(47(46)48)51-33-37-18-8-2-9-19-37/h1-30H,31-35H2. The first-order valence-electron chi connectivity index (χ1n) is 18.4. The van der Waals surface area contributed by atoms with Crippen molar-refractivity contribution in [3.05, 3.63) is 221 Å². The van der Waals surface area contributed by atoms with Gasteiger partial charge in [-0.05, 0) is 46.5 Å². The molecule has 7 aromatic rings. The van der Waals surface area contributed by atoms with Crippen molar-refractivity contribution in [1.29, 1.82) is 0 Å². The Balaban J connectivity index is 1.23. The highest BCUT2D eigenvalue weighted by molar-refractivity contribution is 7.80. The fourth-order valence-electron chi connectivity index (χ4n) is 6.84. The van der Waals surface area contributed by atoms with Gasteiger partial charge in [-0.3, -0.25) is 0 Å². The molecule has 0 spiro atoms. The largest absolute Gasteiger partial charge is 0.489 e. The molecule has 1 atom stereocenters. The number of ether oxygens (including phenoxy) is 5. The van der Waals surface area contributed by atoms with Gasteiger partial charge in [0.05, 0.1) is 5.56 Å². The zero-order valence-electron chi connectivity index (χ0n) is 30.3. The lowest BCUT2D eigenvalue weighted by Gasteiger charge is -2.41. The normalized spacial score (nSPS) is 14.7. The molecule has 8 rings (SSSR count). The fraction of sp³-hybridized carbons (Fsp3) is 0.122. The third-order valence-electron chi connectivity index (χ3n) is 9.64. The van der Waals surface area contributed by atoms with Gasteiger partial charge < -0.3 is 23.7 Å². The number of fused-ring (bicyclic) bond motifs is 1. The third kappa shape index (κ3) is 8.25. The van der Waals surface area contributed by atoms with Crippen molar-refractivity contribution in [1.82, 2.24) is 0 Å². The van der Waals surface area contributed by atoms with E-state index in [4.69, 9.17) is 35.9 Å². The maximum atomic E-state index is 7.42. The van der Waals surface area contributed by atoms with E-state index in [1.807, 2.05) is 146 Å². The Kier molecular flexibility index (Phi) is 10.9. The van der Waals surface area contributed by atoms with Gasteiger partial charge in [0.2, 0.25) is 0 Å². The van der Waals surface area contributed by atoms with E-state index in [-0.39, 0.29) is 0 Å². The van der Waals surface area contributed by atoms with Gasteiger partial charge in [-0.2, -0.15) is 0 Å². The second kappa shape index (κ2) is 16.8. The number of thiocarbonyl (C=S) groups is 1. The van der Waals surface area contributed by atoms with Crippen molar-refractivity contribution < 1.29 is 23.7 Å². The van der Waals surface area contributed by atoms with Gasteiger partial charge in [-0.25, -0.2) is 0 Å². The first-order chi connectivity index (χ1) is 27.1. The van der Waals surface area contributed by atoms with E-state index in [1.54, 1.807) is 0 Å². The van der Waals surface area contributed by atoms with Crippen LogP contribution in [0.3, 0.4) is 0 Å². The summed E-state index contributed by atoms with van der Waals surface area (Å²) in [6, 6.07) is 60.5. The summed E-state index contributed by atoms with van der Waals surface area (Å²) in [5.74, 6) is 3.06. The van der Waals surface area contributed by atoms with E-state index < -0.39 is 5.60 Å². The Morgan fingerprint density at radius 3 is 1.42 bits per heavy atom. The summed E-state index contributed by atoms with van der Waals surface area (Å²) in [4.78, 5) is 0.691. The average Bonchev–Trinajstić information content (AvgIpc) is 3.25. The predicted molar refractivity (Wildman–Crippen MR) is 220 cm³/mol. The molecule has 7 aromatic carbocycles. The van der Waals surface area contributed by atoms with E-state index >= 15 is 0 Å². The van der Waals surface area contributed by atoms with E-state index in [9.17, 15) is 0 Å². The summed E-state index contributed by atoms with van der Waals surface area (Å²) < 4.78 is 33.5. The smallest absolute Gasteiger partial charge is 0.175 e. The molecule has 0 aliphatic carbocycles. The molecule has 0 bridgehead atoms. The van der Waals surface area contributed by atoms with Crippen LogP contribution in [0.2, 0.25) is 0 Å². The van der Waals surface area contributed by atoms with Crippen LogP contribution in [-0.4, -0.2) is 4.86 Å². The highest BCUT2D eigenvalue weighted by Crippen LogP contribution is 2.53. The molecule has 0 amide bonds. The second-order valence-corrected chi connectivity index (χ2v) is 13.9. The van der Waals surface area contributed by atoms with Crippen LogP contribution in [0.1, 0.15) is 45.4 Å². The molecule has 0 radical (unpaired) electrons. The van der Waals surface area contributed by atoms with Crippen LogP contribution in [-0.2, 0) is 32.0 Å². The Labute approximate surface area is 327 Å². The molecule has 1 aliphatic heterocycles. The molecule has 5 nitrogen and oxygen atoms in total. The van der Waals surface area contributed by atoms with Crippen LogP contribution in [0.25, 0.3) is 0 Å². The minimum Gasteiger partial charge on any atom is -0.489 e. The lowest BCUT2D eigenvalue weighted by Crippen LogP contribution is -2.41. The quantitative estimate of drug-likeness (QED) is 0.103. The topological polar surface area (TPSA) is 46.2 Å². The molecule has 1 heterocycles. The van der Waals surface area contributed by atoms with Crippen molar-refractivity contribution in [3.63, 3.8) is 0 Å². The van der Waals surface area contributed by atoms with Crippen LogP contribution in [0, 0.1) is 0 Å². The maximum absolute atomic E-state index is 7.42. The van der Waals surface area contributed by atoms with Crippen molar-refractivity contribution in [2.75, 3.05) is 0 Å². The van der Waals surface area contributed by atoms with Crippen molar-refractivity contribution in [2.24, 2.45) is 0 Å². The number of hydrogen-bond donors (Lipinski definition) is 0. The Hall–Kier alpha value is -6.37. The molecule has 1 aliphatic rings. The molecular formula is C49H40O5S. The number of rotatable bonds is 14. The highest BCUT2D eigenvalue weighted by Gasteiger charge is 2.46. The SMILES string of the molecule is S=C1CC(c2ccccc2)(c2ccc(OCc3ccccc3)cc2OCc2ccccc2)Oc2c(OCc3ccccc3)ccc(OCc3ccccc3)c21. The lowest BCUT2D eigenvalue weighted by molar-refractivity contribution is 0.0998. The lowest BCUT2D eigenvalue weighted by atomic mass is 9.78. The van der Waals surface area contributed by atoms with Gasteiger partial charge >= 0.3 is 0 Å². The van der Waals surface area contributed by atoms with E-state index in [1.165, 1.54) is 0 Å². The molecular weight excluding hydrogens is 701 g/mol. The van der Waals surface area contributed by atoms with Crippen LogP contribution >= 0.6 is 12.2 Å². The van der Waals surface area contributed by atoms with Crippen molar-refractivity contribution in [3.8, 4) is 28.7 Å². The molecule has 0 aromatic heterocycles. The van der Waals surface area contributed by atoms with Gasteiger partial charge in [0.15, 0.2) is 17.1 Å². The minimum atomic E-state index is -1.09. The van der Waals surface area contributed by atoms with E-state index in [2.05, 4.69) is 36.4 Å². The summed E-state index contributed by atoms with van der Waals surface area (Å²) in [5, 5.41) is 0. The van der Waals surface area contributed by atoms with Gasteiger partial charge in [-0.1, -0.05) is 164 Å². The van der Waals surface area contributed by atoms with Gasteiger partial charge in [0.1, 0.15) is 43.7 Å². The summed E-state index contributed by atoms with van der Waals surface area (Å²) in [5.41, 5.74) is 5.59. The summed E-state index contributed by atoms with van der Waals surface area (Å²) >= 11 is 6.39. The summed E-state index contributed by atoms with van der Waals surface area (Å²) in [6.45, 7) is 1.51. The van der Waals surface area contributed by atoms with Crippen LogP contribution in [0.15, 0.2) is 182 Å². The first-order valence-corrected chi connectivity index (χ1v) is 18.8. The van der Waals surface area contributed by atoms with E-state index in [0.29, 0.717) is 66.5 Å². The second-order valence-electron chi connectivity index (χ2n) is 13.4. The molecule has 0 saturated heterocycles. The fourth-order valence-corrected chi connectivity index (χ4v) is 7.23. The molecule has 272 valence electrons. The Bertz CT molecular complexity index is 2330. The molecule has 55 heavy (non-hydrogen) atoms. The molecule has 1 unspecified atom stereocenters. The Morgan fingerprint density at radius 1 is 0.455 bits per heavy atom. The average molecular weight is 741 g/mol. The molecule has 0 fully saturated rings. The Morgan fingerprint density at radius 2 is 0.891 bits per heavy atom. The van der Waals surface area contributed by atoms with Gasteiger partial charge in [0.25, 0.3) is 0 Å². The maximum Gasteiger partial charge on any atom is 0.175 e.